The van der Waals surface area contributed by atoms with Crippen LogP contribution in [0, 0.1) is 0 Å². The molecular formula is C13H20N2O4. The van der Waals surface area contributed by atoms with Crippen LogP contribution in [-0.2, 0) is 9.53 Å². The number of urea groups is 1. The molecule has 3 unspecified atom stereocenters. The summed E-state index contributed by atoms with van der Waals surface area (Å²) in [6.07, 6.45) is 5.47. The van der Waals surface area contributed by atoms with Crippen LogP contribution in [0.4, 0.5) is 4.79 Å². The number of hydrogen-bond acceptors (Lipinski definition) is 3. The van der Waals surface area contributed by atoms with Crippen molar-refractivity contribution in [1.29, 1.82) is 0 Å². The molecule has 19 heavy (non-hydrogen) atoms. The molecule has 2 saturated heterocycles. The topological polar surface area (TPSA) is 78.9 Å². The highest BCUT2D eigenvalue weighted by Crippen LogP contribution is 2.35. The number of carboxylic acids is 1. The van der Waals surface area contributed by atoms with E-state index in [1.165, 1.54) is 0 Å². The summed E-state index contributed by atoms with van der Waals surface area (Å²) < 4.78 is 5.71. The Morgan fingerprint density at radius 1 is 1.26 bits per heavy atom. The van der Waals surface area contributed by atoms with Gasteiger partial charge in [-0.1, -0.05) is 0 Å². The minimum Gasteiger partial charge on any atom is -0.481 e. The predicted octanol–water partition coefficient (Wildman–Crippen LogP) is 0.955. The maximum Gasteiger partial charge on any atom is 0.317 e. The fourth-order valence-electron chi connectivity index (χ4n) is 3.08. The van der Waals surface area contributed by atoms with E-state index < -0.39 is 5.97 Å². The van der Waals surface area contributed by atoms with Crippen LogP contribution in [0.2, 0.25) is 0 Å². The van der Waals surface area contributed by atoms with Gasteiger partial charge in [0.15, 0.2) is 0 Å². The Balaban J connectivity index is 1.53. The molecule has 1 saturated carbocycles. The monoisotopic (exact) mass is 268 g/mol. The summed E-state index contributed by atoms with van der Waals surface area (Å²) >= 11 is 0. The Morgan fingerprint density at radius 2 is 2.05 bits per heavy atom. The van der Waals surface area contributed by atoms with Gasteiger partial charge in [0.25, 0.3) is 0 Å². The molecule has 2 aliphatic heterocycles. The summed E-state index contributed by atoms with van der Waals surface area (Å²) in [5, 5.41) is 11.8. The smallest absolute Gasteiger partial charge is 0.317 e. The third-order valence-corrected chi connectivity index (χ3v) is 4.23. The molecule has 3 fully saturated rings. The summed E-state index contributed by atoms with van der Waals surface area (Å²) in [5.41, 5.74) is 0. The van der Waals surface area contributed by atoms with Crippen LogP contribution in [0.25, 0.3) is 0 Å². The molecule has 0 aromatic rings. The van der Waals surface area contributed by atoms with Crippen LogP contribution >= 0.6 is 0 Å². The van der Waals surface area contributed by atoms with Crippen molar-refractivity contribution in [1.82, 2.24) is 10.2 Å². The number of aliphatic carboxylic acids is 1. The first-order valence-corrected chi connectivity index (χ1v) is 7.08. The van der Waals surface area contributed by atoms with E-state index in [4.69, 9.17) is 9.84 Å². The Bertz CT molecular complexity index is 383. The van der Waals surface area contributed by atoms with Gasteiger partial charge in [-0.25, -0.2) is 4.79 Å². The molecule has 106 valence electrons. The van der Waals surface area contributed by atoms with Gasteiger partial charge in [0, 0.05) is 12.6 Å². The summed E-state index contributed by atoms with van der Waals surface area (Å²) in [6.45, 7) is 0.299. The van der Waals surface area contributed by atoms with Gasteiger partial charge >= 0.3 is 12.0 Å². The molecule has 3 rings (SSSR count). The molecule has 2 bridgehead atoms. The van der Waals surface area contributed by atoms with Gasteiger partial charge in [0.1, 0.15) is 0 Å². The molecule has 2 heterocycles. The van der Waals surface area contributed by atoms with Gasteiger partial charge in [-0.05, 0) is 32.1 Å². The third-order valence-electron chi connectivity index (χ3n) is 4.23. The van der Waals surface area contributed by atoms with E-state index in [1.54, 1.807) is 4.90 Å². The summed E-state index contributed by atoms with van der Waals surface area (Å²) in [7, 11) is 0. The van der Waals surface area contributed by atoms with Crippen LogP contribution < -0.4 is 5.32 Å². The fourth-order valence-corrected chi connectivity index (χ4v) is 3.08. The summed E-state index contributed by atoms with van der Waals surface area (Å²) in [6, 6.07) is 0.223. The second-order valence-electron chi connectivity index (χ2n) is 5.73. The number of rotatable bonds is 5. The lowest BCUT2D eigenvalue weighted by atomic mass is 9.96. The largest absolute Gasteiger partial charge is 0.481 e. The van der Waals surface area contributed by atoms with Crippen molar-refractivity contribution >= 4 is 12.0 Å². The van der Waals surface area contributed by atoms with E-state index in [2.05, 4.69) is 5.32 Å². The van der Waals surface area contributed by atoms with E-state index in [-0.39, 0.29) is 30.6 Å². The Labute approximate surface area is 112 Å². The number of amides is 2. The number of ether oxygens (including phenoxy) is 1. The first-order chi connectivity index (χ1) is 9.13. The van der Waals surface area contributed by atoms with E-state index >= 15 is 0 Å². The average molecular weight is 268 g/mol. The Morgan fingerprint density at radius 3 is 2.58 bits per heavy atom. The Hall–Kier alpha value is -1.30. The molecule has 3 aliphatic rings. The van der Waals surface area contributed by atoms with E-state index in [0.29, 0.717) is 12.6 Å². The lowest BCUT2D eigenvalue weighted by molar-refractivity contribution is -0.137. The molecule has 3 atom stereocenters. The molecule has 6 heteroatoms. The number of hydrogen-bond donors (Lipinski definition) is 2. The van der Waals surface area contributed by atoms with Crippen molar-refractivity contribution in [3.05, 3.63) is 0 Å². The van der Waals surface area contributed by atoms with E-state index in [0.717, 1.165) is 32.1 Å². The number of carbonyl (C=O) groups excluding carboxylic acids is 1. The predicted molar refractivity (Wildman–Crippen MR) is 66.8 cm³/mol. The van der Waals surface area contributed by atoms with Crippen molar-refractivity contribution in [2.24, 2.45) is 0 Å². The number of carbonyl (C=O) groups is 2. The fraction of sp³-hybridized carbons (Fsp3) is 0.846. The highest BCUT2D eigenvalue weighted by atomic mass is 16.5. The second kappa shape index (κ2) is 5.00. The van der Waals surface area contributed by atoms with E-state index in [1.807, 2.05) is 0 Å². The van der Waals surface area contributed by atoms with Gasteiger partial charge in [0.05, 0.1) is 24.7 Å². The normalized spacial score (nSPS) is 32.3. The lowest BCUT2D eigenvalue weighted by Crippen LogP contribution is -2.49. The second-order valence-corrected chi connectivity index (χ2v) is 5.73. The zero-order valence-electron chi connectivity index (χ0n) is 10.9. The number of nitrogens with zero attached hydrogens (tertiary/aromatic N) is 1. The van der Waals surface area contributed by atoms with Crippen molar-refractivity contribution in [3.63, 3.8) is 0 Å². The average Bonchev–Trinajstić information content (AvgIpc) is 2.97. The molecule has 1 aliphatic carbocycles. The molecule has 0 aromatic carbocycles. The van der Waals surface area contributed by atoms with Crippen molar-refractivity contribution in [3.8, 4) is 0 Å². The maximum absolute atomic E-state index is 12.2. The standard InChI is InChI=1S/C13H20N2O4/c16-12(17)5-6-15(8-1-2-8)13(18)14-10-7-9-3-4-11(10)19-9/h8-11H,1-7H2,(H,14,18)(H,16,17). The molecule has 0 radical (unpaired) electrons. The van der Waals surface area contributed by atoms with Gasteiger partial charge < -0.3 is 20.1 Å². The SMILES string of the molecule is O=C(O)CCN(C(=O)NC1CC2CCC1O2)C1CC1. The van der Waals surface area contributed by atoms with Gasteiger partial charge in [-0.3, -0.25) is 4.79 Å². The zero-order valence-corrected chi connectivity index (χ0v) is 10.9. The summed E-state index contributed by atoms with van der Waals surface area (Å²) in [4.78, 5) is 24.6. The van der Waals surface area contributed by atoms with Crippen LogP contribution in [0.5, 0.6) is 0 Å². The lowest BCUT2D eigenvalue weighted by Gasteiger charge is -2.27. The Kier molecular flexibility index (Phi) is 3.35. The molecule has 2 N–H and O–H groups in total. The molecular weight excluding hydrogens is 248 g/mol. The number of nitrogens with one attached hydrogen (secondary N) is 1. The molecule has 0 spiro atoms. The molecule has 6 nitrogen and oxygen atoms in total. The minimum atomic E-state index is -0.860. The quantitative estimate of drug-likeness (QED) is 0.778. The number of carboxylic acid groups (broad SMARTS) is 1. The number of fused-ring (bicyclic) bond motifs is 2. The van der Waals surface area contributed by atoms with Gasteiger partial charge in [0.2, 0.25) is 0 Å². The summed E-state index contributed by atoms with van der Waals surface area (Å²) in [5.74, 6) is -0.860. The van der Waals surface area contributed by atoms with Crippen LogP contribution in [-0.4, -0.2) is 52.8 Å². The highest BCUT2D eigenvalue weighted by Gasteiger charge is 2.42. The minimum absolute atomic E-state index is 0.0111. The first kappa shape index (κ1) is 12.7. The van der Waals surface area contributed by atoms with Gasteiger partial charge in [-0.2, -0.15) is 0 Å². The molecule has 0 aromatic heterocycles. The maximum atomic E-state index is 12.2. The van der Waals surface area contributed by atoms with Crippen LogP contribution in [0.15, 0.2) is 0 Å². The molecule has 2 amide bonds. The van der Waals surface area contributed by atoms with E-state index in [9.17, 15) is 9.59 Å². The van der Waals surface area contributed by atoms with Crippen molar-refractivity contribution in [2.45, 2.75) is 62.8 Å². The van der Waals surface area contributed by atoms with Crippen LogP contribution in [0.1, 0.15) is 38.5 Å². The van der Waals surface area contributed by atoms with Crippen LogP contribution in [0.3, 0.4) is 0 Å². The van der Waals surface area contributed by atoms with Crippen molar-refractivity contribution in [2.75, 3.05) is 6.54 Å². The van der Waals surface area contributed by atoms with Crippen molar-refractivity contribution < 1.29 is 19.4 Å². The van der Waals surface area contributed by atoms with Gasteiger partial charge in [-0.15, -0.1) is 0 Å². The highest BCUT2D eigenvalue weighted by molar-refractivity contribution is 5.76. The third kappa shape index (κ3) is 2.83. The zero-order chi connectivity index (χ0) is 13.4. The first-order valence-electron chi connectivity index (χ1n) is 7.08.